The predicted molar refractivity (Wildman–Crippen MR) is 197 cm³/mol. The summed E-state index contributed by atoms with van der Waals surface area (Å²) in [5.74, 6) is 2.93. The molecule has 0 N–H and O–H groups in total. The second-order valence-corrected chi connectivity index (χ2v) is 12.5. The molecule has 0 radical (unpaired) electrons. The Balaban J connectivity index is 1.18. The third-order valence-electron chi connectivity index (χ3n) is 9.11. The van der Waals surface area contributed by atoms with Crippen LogP contribution in [0.15, 0.2) is 134 Å². The molecule has 0 atom stereocenters. The summed E-state index contributed by atoms with van der Waals surface area (Å²) in [7, 11) is 0. The first-order chi connectivity index (χ1) is 23.9. The van der Waals surface area contributed by atoms with Gasteiger partial charge in [0.05, 0.1) is 28.0 Å². The molecule has 0 fully saturated rings. The highest BCUT2D eigenvalue weighted by Gasteiger charge is 2.22. The lowest BCUT2D eigenvalue weighted by molar-refractivity contribution is 0.293. The van der Waals surface area contributed by atoms with Crippen molar-refractivity contribution >= 4 is 21.8 Å². The minimum Gasteiger partial charge on any atom is -0.471 e. The highest BCUT2D eigenvalue weighted by atomic mass is 16.5. The SMILES string of the molecule is Cc1ccnc(-n2c3ccccc3c3ccc(Oc4cccc(-n5nc(OCc6ccccc6)c(-c6c(C)cccc6C)c5C)c4)cc32)c1. The van der Waals surface area contributed by atoms with Crippen LogP contribution >= 0.6 is 0 Å². The summed E-state index contributed by atoms with van der Waals surface area (Å²) in [6.45, 7) is 8.89. The number of hydrogen-bond donors (Lipinski definition) is 0. The van der Waals surface area contributed by atoms with Crippen molar-refractivity contribution in [3.05, 3.63) is 162 Å². The van der Waals surface area contributed by atoms with Gasteiger partial charge in [0.15, 0.2) is 0 Å². The van der Waals surface area contributed by atoms with Gasteiger partial charge in [-0.1, -0.05) is 72.8 Å². The Morgan fingerprint density at radius 1 is 0.612 bits per heavy atom. The van der Waals surface area contributed by atoms with Crippen LogP contribution < -0.4 is 9.47 Å². The molecule has 0 spiro atoms. The summed E-state index contributed by atoms with van der Waals surface area (Å²) in [6, 6.07) is 43.4. The lowest BCUT2D eigenvalue weighted by Gasteiger charge is -2.12. The van der Waals surface area contributed by atoms with E-state index in [2.05, 4.69) is 105 Å². The van der Waals surface area contributed by atoms with Gasteiger partial charge in [-0.25, -0.2) is 9.67 Å². The van der Waals surface area contributed by atoms with E-state index in [1.807, 2.05) is 65.5 Å². The predicted octanol–water partition coefficient (Wildman–Crippen LogP) is 10.6. The monoisotopic (exact) mass is 640 g/mol. The third kappa shape index (κ3) is 5.61. The van der Waals surface area contributed by atoms with Crippen LogP contribution in [-0.2, 0) is 6.61 Å². The molecule has 0 unspecified atom stereocenters. The normalized spacial score (nSPS) is 11.3. The van der Waals surface area contributed by atoms with E-state index in [1.165, 1.54) is 16.5 Å². The lowest BCUT2D eigenvalue weighted by atomic mass is 9.96. The molecule has 49 heavy (non-hydrogen) atoms. The zero-order valence-corrected chi connectivity index (χ0v) is 28.0. The molecule has 6 nitrogen and oxygen atoms in total. The summed E-state index contributed by atoms with van der Waals surface area (Å²) < 4.78 is 17.2. The standard InChI is InChI=1S/C43H36N4O2/c1-28-22-23-44-40(24-28)46-38-19-9-8-18-36(38)37-21-20-35(26-39(37)46)49-34-17-11-16-33(25-34)47-31(4)42(41-29(2)12-10-13-30(41)3)43(45-47)48-27-32-14-6-5-7-15-32/h5-26H,27H2,1-4H3. The van der Waals surface area contributed by atoms with Crippen molar-refractivity contribution in [3.63, 3.8) is 0 Å². The molecule has 0 saturated heterocycles. The van der Waals surface area contributed by atoms with Crippen LogP contribution in [0.4, 0.5) is 0 Å². The van der Waals surface area contributed by atoms with Crippen LogP contribution in [0.1, 0.15) is 27.9 Å². The van der Waals surface area contributed by atoms with Crippen LogP contribution in [0, 0.1) is 27.7 Å². The lowest BCUT2D eigenvalue weighted by Crippen LogP contribution is -2.00. The number of ether oxygens (including phenoxy) is 2. The van der Waals surface area contributed by atoms with E-state index >= 15 is 0 Å². The van der Waals surface area contributed by atoms with Gasteiger partial charge in [0.25, 0.3) is 0 Å². The summed E-state index contributed by atoms with van der Waals surface area (Å²) in [6.07, 6.45) is 1.86. The number of fused-ring (bicyclic) bond motifs is 3. The molecular weight excluding hydrogens is 604 g/mol. The van der Waals surface area contributed by atoms with Crippen LogP contribution in [0.2, 0.25) is 0 Å². The Kier molecular flexibility index (Phi) is 7.69. The maximum atomic E-state index is 6.56. The average Bonchev–Trinajstić information content (AvgIpc) is 3.62. The molecule has 6 heteroatoms. The summed E-state index contributed by atoms with van der Waals surface area (Å²) in [5, 5.41) is 7.37. The second-order valence-electron chi connectivity index (χ2n) is 12.5. The van der Waals surface area contributed by atoms with E-state index in [4.69, 9.17) is 19.6 Å². The number of rotatable bonds is 8. The second kappa shape index (κ2) is 12.5. The van der Waals surface area contributed by atoms with Gasteiger partial charge >= 0.3 is 0 Å². The van der Waals surface area contributed by atoms with Crippen molar-refractivity contribution < 1.29 is 9.47 Å². The van der Waals surface area contributed by atoms with E-state index < -0.39 is 0 Å². The number of benzene rings is 5. The first-order valence-electron chi connectivity index (χ1n) is 16.5. The molecule has 3 aromatic heterocycles. The fraction of sp³-hybridized carbons (Fsp3) is 0.116. The Morgan fingerprint density at radius 2 is 1.35 bits per heavy atom. The van der Waals surface area contributed by atoms with Crippen molar-refractivity contribution in [1.82, 2.24) is 19.3 Å². The fourth-order valence-corrected chi connectivity index (χ4v) is 6.77. The Morgan fingerprint density at radius 3 is 2.16 bits per heavy atom. The van der Waals surface area contributed by atoms with Gasteiger partial charge in [-0.15, -0.1) is 5.10 Å². The van der Waals surface area contributed by atoms with Crippen LogP contribution in [0.5, 0.6) is 17.4 Å². The van der Waals surface area contributed by atoms with E-state index in [0.717, 1.165) is 61.6 Å². The highest BCUT2D eigenvalue weighted by Crippen LogP contribution is 2.39. The van der Waals surface area contributed by atoms with Gasteiger partial charge in [0.2, 0.25) is 5.88 Å². The van der Waals surface area contributed by atoms with Crippen LogP contribution in [0.25, 0.3) is 44.4 Å². The molecule has 5 aromatic carbocycles. The summed E-state index contributed by atoms with van der Waals surface area (Å²) >= 11 is 0. The maximum Gasteiger partial charge on any atom is 0.241 e. The zero-order chi connectivity index (χ0) is 33.5. The number of aryl methyl sites for hydroxylation is 3. The summed E-state index contributed by atoms with van der Waals surface area (Å²) in [4.78, 5) is 4.72. The van der Waals surface area contributed by atoms with Crippen molar-refractivity contribution in [3.8, 4) is 40.0 Å². The largest absolute Gasteiger partial charge is 0.471 e. The Bertz CT molecular complexity index is 2450. The van der Waals surface area contributed by atoms with Gasteiger partial charge in [-0.05, 0) is 98.0 Å². The molecule has 0 aliphatic heterocycles. The van der Waals surface area contributed by atoms with Crippen molar-refractivity contribution in [2.75, 3.05) is 0 Å². The molecule has 3 heterocycles. The number of para-hydroxylation sites is 1. The van der Waals surface area contributed by atoms with Crippen LogP contribution in [-0.4, -0.2) is 19.3 Å². The molecule has 8 rings (SSSR count). The first kappa shape index (κ1) is 30.2. The molecule has 240 valence electrons. The minimum atomic E-state index is 0.426. The zero-order valence-electron chi connectivity index (χ0n) is 28.0. The van der Waals surface area contributed by atoms with Gasteiger partial charge in [0, 0.05) is 29.1 Å². The van der Waals surface area contributed by atoms with Crippen molar-refractivity contribution in [2.24, 2.45) is 0 Å². The van der Waals surface area contributed by atoms with E-state index in [1.54, 1.807) is 0 Å². The molecule has 0 amide bonds. The fourth-order valence-electron chi connectivity index (χ4n) is 6.77. The van der Waals surface area contributed by atoms with Gasteiger partial charge in [-0.2, -0.15) is 0 Å². The Hall–Kier alpha value is -6.14. The van der Waals surface area contributed by atoms with Gasteiger partial charge in [-0.3, -0.25) is 4.57 Å². The number of nitrogens with zero attached hydrogens (tertiary/aromatic N) is 4. The maximum absolute atomic E-state index is 6.56. The molecule has 0 bridgehead atoms. The van der Waals surface area contributed by atoms with Gasteiger partial charge < -0.3 is 9.47 Å². The van der Waals surface area contributed by atoms with E-state index in [9.17, 15) is 0 Å². The minimum absolute atomic E-state index is 0.426. The first-order valence-corrected chi connectivity index (χ1v) is 16.5. The van der Waals surface area contributed by atoms with E-state index in [0.29, 0.717) is 18.2 Å². The smallest absolute Gasteiger partial charge is 0.241 e. The number of hydrogen-bond acceptors (Lipinski definition) is 4. The van der Waals surface area contributed by atoms with Crippen molar-refractivity contribution in [1.29, 1.82) is 0 Å². The molecule has 0 saturated carbocycles. The highest BCUT2D eigenvalue weighted by molar-refractivity contribution is 6.09. The number of pyridine rings is 1. The molecule has 8 aromatic rings. The molecule has 0 aliphatic rings. The van der Waals surface area contributed by atoms with E-state index in [-0.39, 0.29) is 0 Å². The molecule has 0 aliphatic carbocycles. The quantitative estimate of drug-likeness (QED) is 0.166. The topological polar surface area (TPSA) is 54.1 Å². The average molecular weight is 641 g/mol. The Labute approximate surface area is 285 Å². The summed E-state index contributed by atoms with van der Waals surface area (Å²) in [5.41, 5.74) is 10.8. The van der Waals surface area contributed by atoms with Gasteiger partial charge in [0.1, 0.15) is 23.9 Å². The van der Waals surface area contributed by atoms with Crippen molar-refractivity contribution in [2.45, 2.75) is 34.3 Å². The van der Waals surface area contributed by atoms with Crippen LogP contribution in [0.3, 0.4) is 0 Å². The molecular formula is C43H36N4O2. The number of aromatic nitrogens is 4. The third-order valence-corrected chi connectivity index (χ3v) is 9.11.